The van der Waals surface area contributed by atoms with Gasteiger partial charge in [-0.1, -0.05) is 0 Å². The van der Waals surface area contributed by atoms with E-state index in [2.05, 4.69) is 25.6 Å². The molecule has 0 unspecified atom stereocenters. The maximum Gasteiger partial charge on any atom is 0.407 e. The number of halogens is 2. The highest BCUT2D eigenvalue weighted by molar-refractivity contribution is 5.91. The molecular formula is C24H32F2N6O4. The molecule has 1 fully saturated rings. The third-order valence-electron chi connectivity index (χ3n) is 5.55. The second-order valence-corrected chi connectivity index (χ2v) is 9.46. The predicted molar refractivity (Wildman–Crippen MR) is 129 cm³/mol. The average molecular weight is 507 g/mol. The maximum atomic E-state index is 12.9. The van der Waals surface area contributed by atoms with Crippen LogP contribution in [0.5, 0.6) is 6.01 Å². The molecule has 0 aromatic carbocycles. The molecule has 0 saturated heterocycles. The number of alkyl halides is 2. The largest absolute Gasteiger partial charge is 0.467 e. The number of hydrogen-bond acceptors (Lipinski definition) is 7. The van der Waals surface area contributed by atoms with Crippen molar-refractivity contribution >= 4 is 17.9 Å². The quantitative estimate of drug-likeness (QED) is 0.579. The highest BCUT2D eigenvalue weighted by Gasteiger charge is 2.32. The molecule has 2 aromatic heterocycles. The van der Waals surface area contributed by atoms with Crippen molar-refractivity contribution in [2.45, 2.75) is 70.6 Å². The highest BCUT2D eigenvalue weighted by atomic mass is 19.3. The van der Waals surface area contributed by atoms with E-state index in [4.69, 9.17) is 9.47 Å². The lowest BCUT2D eigenvalue weighted by Gasteiger charge is -2.36. The molecule has 0 radical (unpaired) electrons. The average Bonchev–Trinajstić information content (AvgIpc) is 2.83. The molecule has 10 nitrogen and oxygen atoms in total. The SMILES string of the molecule is COc1ncc(-c2ccc(N(C(=O)NCC(F)F)[C@H]3CC[C@H](NC(=O)OC(C)(C)C)CC3)nc2)cn1. The van der Waals surface area contributed by atoms with Gasteiger partial charge in [-0.15, -0.1) is 0 Å². The fourth-order valence-corrected chi connectivity index (χ4v) is 3.93. The Labute approximate surface area is 208 Å². The minimum absolute atomic E-state index is 0.104. The van der Waals surface area contributed by atoms with Crippen molar-refractivity contribution in [3.05, 3.63) is 30.7 Å². The molecule has 1 aliphatic rings. The van der Waals surface area contributed by atoms with Crippen molar-refractivity contribution < 1.29 is 27.8 Å². The molecule has 1 aliphatic carbocycles. The number of aromatic nitrogens is 3. The van der Waals surface area contributed by atoms with Gasteiger partial charge < -0.3 is 20.1 Å². The van der Waals surface area contributed by atoms with E-state index in [1.54, 1.807) is 51.5 Å². The Morgan fingerprint density at radius 2 is 1.69 bits per heavy atom. The topological polar surface area (TPSA) is 119 Å². The summed E-state index contributed by atoms with van der Waals surface area (Å²) in [7, 11) is 1.47. The van der Waals surface area contributed by atoms with Crippen LogP contribution in [0.4, 0.5) is 24.2 Å². The third-order valence-corrected chi connectivity index (χ3v) is 5.55. The zero-order chi connectivity index (χ0) is 26.3. The molecule has 0 aliphatic heterocycles. The van der Waals surface area contributed by atoms with E-state index in [9.17, 15) is 18.4 Å². The Morgan fingerprint density at radius 3 is 2.22 bits per heavy atom. The van der Waals surface area contributed by atoms with Gasteiger partial charge in [0.1, 0.15) is 11.4 Å². The predicted octanol–water partition coefficient (Wildman–Crippen LogP) is 4.16. The van der Waals surface area contributed by atoms with Crippen molar-refractivity contribution in [3.8, 4) is 17.1 Å². The molecule has 0 spiro atoms. The van der Waals surface area contributed by atoms with E-state index >= 15 is 0 Å². The standard InChI is InChI=1S/C24H32F2N6O4/c1-24(2,3)36-23(34)31-17-6-8-18(9-7-17)32(22(33)30-14-19(25)26)20-10-5-15(11-27-20)16-12-28-21(35-4)29-13-16/h5,10-13,17-19H,6-9,14H2,1-4H3,(H,30,33)(H,31,34)/t17-,18-. The van der Waals surface area contributed by atoms with Gasteiger partial charge in [-0.25, -0.2) is 33.3 Å². The molecule has 3 amide bonds. The summed E-state index contributed by atoms with van der Waals surface area (Å²) in [5, 5.41) is 5.14. The number of methoxy groups -OCH3 is 1. The Hall–Kier alpha value is -3.57. The normalized spacial score (nSPS) is 17.9. The molecular weight excluding hydrogens is 474 g/mol. The van der Waals surface area contributed by atoms with Crippen LogP contribution < -0.4 is 20.3 Å². The second kappa shape index (κ2) is 11.9. The van der Waals surface area contributed by atoms with Crippen molar-refractivity contribution in [3.63, 3.8) is 0 Å². The molecule has 2 N–H and O–H groups in total. The van der Waals surface area contributed by atoms with Crippen molar-refractivity contribution in [1.82, 2.24) is 25.6 Å². The van der Waals surface area contributed by atoms with Gasteiger partial charge in [0, 0.05) is 41.8 Å². The van der Waals surface area contributed by atoms with Gasteiger partial charge in [0.05, 0.1) is 13.7 Å². The molecule has 2 heterocycles. The first-order chi connectivity index (χ1) is 17.1. The summed E-state index contributed by atoms with van der Waals surface area (Å²) in [5.41, 5.74) is 0.827. The van der Waals surface area contributed by atoms with Crippen LogP contribution in [0.15, 0.2) is 30.7 Å². The summed E-state index contributed by atoms with van der Waals surface area (Å²) in [6.45, 7) is 4.62. The monoisotopic (exact) mass is 506 g/mol. The minimum Gasteiger partial charge on any atom is -0.467 e. The number of alkyl carbamates (subject to hydrolysis) is 1. The van der Waals surface area contributed by atoms with Crippen LogP contribution >= 0.6 is 0 Å². The van der Waals surface area contributed by atoms with Gasteiger partial charge in [-0.05, 0) is 58.6 Å². The van der Waals surface area contributed by atoms with Crippen LogP contribution in [-0.2, 0) is 4.74 Å². The zero-order valence-electron chi connectivity index (χ0n) is 20.8. The number of carbonyl (C=O) groups excluding carboxylic acids is 2. The number of hydrogen-bond donors (Lipinski definition) is 2. The lowest BCUT2D eigenvalue weighted by atomic mass is 9.90. The van der Waals surface area contributed by atoms with Crippen LogP contribution in [0.1, 0.15) is 46.5 Å². The van der Waals surface area contributed by atoms with E-state index in [1.165, 1.54) is 12.0 Å². The summed E-state index contributed by atoms with van der Waals surface area (Å²) < 4.78 is 35.8. The number of rotatable bonds is 7. The van der Waals surface area contributed by atoms with Crippen LogP contribution in [-0.4, -0.2) is 64.8 Å². The molecule has 3 rings (SSSR count). The first-order valence-corrected chi connectivity index (χ1v) is 11.7. The smallest absolute Gasteiger partial charge is 0.407 e. The van der Waals surface area contributed by atoms with Gasteiger partial charge in [-0.3, -0.25) is 4.90 Å². The summed E-state index contributed by atoms with van der Waals surface area (Å²) in [6, 6.07) is 2.63. The number of pyridine rings is 1. The van der Waals surface area contributed by atoms with Crippen molar-refractivity contribution in [1.29, 1.82) is 0 Å². The van der Waals surface area contributed by atoms with Gasteiger partial charge >= 0.3 is 18.1 Å². The van der Waals surface area contributed by atoms with E-state index in [0.29, 0.717) is 37.1 Å². The molecule has 0 bridgehead atoms. The highest BCUT2D eigenvalue weighted by Crippen LogP contribution is 2.28. The Kier molecular flexibility index (Phi) is 8.94. The maximum absolute atomic E-state index is 12.9. The molecule has 0 atom stereocenters. The number of amides is 3. The minimum atomic E-state index is -2.67. The van der Waals surface area contributed by atoms with E-state index in [1.807, 2.05) is 0 Å². The second-order valence-electron chi connectivity index (χ2n) is 9.46. The molecule has 12 heteroatoms. The third kappa shape index (κ3) is 7.72. The zero-order valence-corrected chi connectivity index (χ0v) is 20.8. The van der Waals surface area contributed by atoms with Crippen LogP contribution in [0.25, 0.3) is 11.1 Å². The number of anilines is 1. The first-order valence-electron chi connectivity index (χ1n) is 11.7. The van der Waals surface area contributed by atoms with Gasteiger partial charge in [0.2, 0.25) is 0 Å². The Bertz CT molecular complexity index is 1010. The summed E-state index contributed by atoms with van der Waals surface area (Å²) in [5.74, 6) is 0.337. The number of nitrogens with zero attached hydrogens (tertiary/aromatic N) is 4. The van der Waals surface area contributed by atoms with Gasteiger partial charge in [-0.2, -0.15) is 0 Å². The summed E-state index contributed by atoms with van der Waals surface area (Å²) in [6.07, 6.45) is 3.91. The number of urea groups is 1. The van der Waals surface area contributed by atoms with Crippen molar-refractivity contribution in [2.75, 3.05) is 18.6 Å². The van der Waals surface area contributed by atoms with Crippen LogP contribution in [0, 0.1) is 0 Å². The molecule has 196 valence electrons. The molecule has 36 heavy (non-hydrogen) atoms. The summed E-state index contributed by atoms with van der Waals surface area (Å²) >= 11 is 0. The van der Waals surface area contributed by atoms with E-state index in [0.717, 1.165) is 5.56 Å². The lowest BCUT2D eigenvalue weighted by molar-refractivity contribution is 0.0491. The fourth-order valence-electron chi connectivity index (χ4n) is 3.93. The fraction of sp³-hybridized carbons (Fsp3) is 0.542. The van der Waals surface area contributed by atoms with Gasteiger partial charge in [0.15, 0.2) is 0 Å². The van der Waals surface area contributed by atoms with Crippen LogP contribution in [0.2, 0.25) is 0 Å². The molecule has 2 aromatic rings. The van der Waals surface area contributed by atoms with Crippen LogP contribution in [0.3, 0.4) is 0 Å². The molecule has 1 saturated carbocycles. The number of ether oxygens (including phenoxy) is 2. The van der Waals surface area contributed by atoms with Crippen molar-refractivity contribution in [2.24, 2.45) is 0 Å². The lowest BCUT2D eigenvalue weighted by Crippen LogP contribution is -2.51. The Morgan fingerprint density at radius 1 is 1.06 bits per heavy atom. The van der Waals surface area contributed by atoms with E-state index in [-0.39, 0.29) is 18.1 Å². The number of nitrogens with one attached hydrogen (secondary N) is 2. The summed E-state index contributed by atoms with van der Waals surface area (Å²) in [4.78, 5) is 39.0. The Balaban J connectivity index is 1.71. The first kappa shape index (κ1) is 27.0. The van der Waals surface area contributed by atoms with E-state index < -0.39 is 30.7 Å². The van der Waals surface area contributed by atoms with Gasteiger partial charge in [0.25, 0.3) is 6.43 Å². The number of carbonyl (C=O) groups is 2.